The van der Waals surface area contributed by atoms with Gasteiger partial charge in [-0.25, -0.2) is 0 Å². The van der Waals surface area contributed by atoms with Crippen LogP contribution in [0.4, 0.5) is 11.4 Å². The maximum atomic E-state index is 12.7. The fourth-order valence-electron chi connectivity index (χ4n) is 3.29. The van der Waals surface area contributed by atoms with Gasteiger partial charge in [-0.1, -0.05) is 0 Å². The Balaban J connectivity index is 1.63. The van der Waals surface area contributed by atoms with Crippen molar-refractivity contribution in [2.24, 2.45) is 0 Å². The highest BCUT2D eigenvalue weighted by Gasteiger charge is 2.31. The Morgan fingerprint density at radius 3 is 1.65 bits per heavy atom. The number of hydrogen-bond donors (Lipinski definition) is 3. The fraction of sp³-hybridized carbons (Fsp3) is 0.474. The van der Waals surface area contributed by atoms with Gasteiger partial charge < -0.3 is 10.6 Å². The van der Waals surface area contributed by atoms with E-state index in [1.54, 1.807) is 22.7 Å². The summed E-state index contributed by atoms with van der Waals surface area (Å²) in [5.74, 6) is -0.120. The molecular formula is C19H25N3O2S2. The topological polar surface area (TPSA) is 70.2 Å². The summed E-state index contributed by atoms with van der Waals surface area (Å²) in [5.41, 5.74) is 3.96. The van der Waals surface area contributed by atoms with Crippen molar-refractivity contribution in [3.05, 3.63) is 31.6 Å². The molecule has 2 amide bonds. The summed E-state index contributed by atoms with van der Waals surface area (Å²) in [4.78, 5) is 27.5. The van der Waals surface area contributed by atoms with Crippen molar-refractivity contribution in [1.29, 1.82) is 0 Å². The van der Waals surface area contributed by atoms with Crippen LogP contribution in [0.15, 0.2) is 10.8 Å². The zero-order valence-electron chi connectivity index (χ0n) is 15.6. The molecule has 0 aromatic carbocycles. The molecule has 7 heteroatoms. The van der Waals surface area contributed by atoms with Gasteiger partial charge in [0.1, 0.15) is 0 Å². The number of aryl methyl sites for hydroxylation is 4. The first kappa shape index (κ1) is 19.1. The van der Waals surface area contributed by atoms with Gasteiger partial charge in [-0.05, 0) is 68.8 Å². The molecule has 2 aromatic heterocycles. The smallest absolute Gasteiger partial charge is 0.241 e. The number of thiophene rings is 2. The lowest BCUT2D eigenvalue weighted by molar-refractivity contribution is -0.121. The highest BCUT2D eigenvalue weighted by atomic mass is 32.1. The average molecular weight is 392 g/mol. The quantitative estimate of drug-likeness (QED) is 0.734. The van der Waals surface area contributed by atoms with E-state index in [0.717, 1.165) is 51.5 Å². The number of piperidine rings is 1. The van der Waals surface area contributed by atoms with Crippen LogP contribution in [-0.2, 0) is 9.59 Å². The minimum absolute atomic E-state index is 0.0602. The molecule has 0 radical (unpaired) electrons. The SMILES string of the molecule is Cc1csc(C)c1NC(=O)[C@@H]1CCC[C@H](C(=O)Nc2c(C)csc2C)N1. The first-order chi connectivity index (χ1) is 12.4. The molecule has 0 unspecified atom stereocenters. The molecule has 0 aliphatic carbocycles. The molecule has 3 heterocycles. The van der Waals surface area contributed by atoms with E-state index >= 15 is 0 Å². The van der Waals surface area contributed by atoms with E-state index in [1.807, 2.05) is 38.5 Å². The number of hydrogen-bond acceptors (Lipinski definition) is 5. The third-order valence-electron chi connectivity index (χ3n) is 4.84. The minimum atomic E-state index is -0.345. The highest BCUT2D eigenvalue weighted by molar-refractivity contribution is 7.10. The lowest BCUT2D eigenvalue weighted by Gasteiger charge is -2.29. The van der Waals surface area contributed by atoms with Crippen LogP contribution in [0.25, 0.3) is 0 Å². The molecule has 2 aromatic rings. The van der Waals surface area contributed by atoms with Crippen LogP contribution in [-0.4, -0.2) is 23.9 Å². The van der Waals surface area contributed by atoms with Crippen molar-refractivity contribution in [3.63, 3.8) is 0 Å². The Kier molecular flexibility index (Phi) is 5.79. The van der Waals surface area contributed by atoms with Crippen molar-refractivity contribution in [2.75, 3.05) is 10.6 Å². The second-order valence-electron chi connectivity index (χ2n) is 6.88. The van der Waals surface area contributed by atoms with Gasteiger partial charge in [0.05, 0.1) is 23.5 Å². The van der Waals surface area contributed by atoms with Crippen molar-refractivity contribution in [1.82, 2.24) is 5.32 Å². The van der Waals surface area contributed by atoms with Crippen LogP contribution in [0.3, 0.4) is 0 Å². The molecule has 26 heavy (non-hydrogen) atoms. The zero-order chi connectivity index (χ0) is 18.8. The number of carbonyl (C=O) groups excluding carboxylic acids is 2. The van der Waals surface area contributed by atoms with E-state index in [9.17, 15) is 9.59 Å². The molecule has 0 saturated carbocycles. The van der Waals surface area contributed by atoms with Crippen LogP contribution in [0.1, 0.15) is 40.1 Å². The van der Waals surface area contributed by atoms with Crippen LogP contribution >= 0.6 is 22.7 Å². The Morgan fingerprint density at radius 1 is 0.885 bits per heavy atom. The van der Waals surface area contributed by atoms with E-state index in [1.165, 1.54) is 0 Å². The molecule has 2 atom stereocenters. The summed E-state index contributed by atoms with van der Waals surface area (Å²) in [7, 11) is 0. The highest BCUT2D eigenvalue weighted by Crippen LogP contribution is 2.28. The summed E-state index contributed by atoms with van der Waals surface area (Å²) in [6, 6.07) is -0.689. The molecule has 3 rings (SSSR count). The second-order valence-corrected chi connectivity index (χ2v) is 9.05. The maximum Gasteiger partial charge on any atom is 0.241 e. The molecule has 5 nitrogen and oxygen atoms in total. The van der Waals surface area contributed by atoms with Gasteiger partial charge in [0, 0.05) is 9.75 Å². The standard InChI is InChI=1S/C19H25N3O2S2/c1-10-8-25-12(3)16(10)21-18(23)14-6-5-7-15(20-14)19(24)22-17-11(2)9-26-13(17)4/h8-9,14-15,20H,5-7H2,1-4H3,(H,21,23)(H,22,24)/t14-,15+. The molecule has 3 N–H and O–H groups in total. The molecule has 0 spiro atoms. The second kappa shape index (κ2) is 7.90. The number of nitrogens with one attached hydrogen (secondary N) is 3. The van der Waals surface area contributed by atoms with E-state index < -0.39 is 0 Å². The van der Waals surface area contributed by atoms with Gasteiger partial charge in [0.2, 0.25) is 11.8 Å². The third-order valence-corrected chi connectivity index (χ3v) is 6.89. The van der Waals surface area contributed by atoms with Crippen molar-refractivity contribution in [3.8, 4) is 0 Å². The average Bonchev–Trinajstić information content (AvgIpc) is 3.11. The van der Waals surface area contributed by atoms with Crippen LogP contribution < -0.4 is 16.0 Å². The Labute approximate surface area is 162 Å². The first-order valence-corrected chi connectivity index (χ1v) is 10.6. The zero-order valence-corrected chi connectivity index (χ0v) is 17.2. The Bertz CT molecular complexity index is 720. The number of carbonyl (C=O) groups is 2. The molecule has 0 bridgehead atoms. The summed E-state index contributed by atoms with van der Waals surface area (Å²) >= 11 is 3.26. The summed E-state index contributed by atoms with van der Waals surface area (Å²) in [6.07, 6.45) is 2.34. The van der Waals surface area contributed by atoms with Gasteiger partial charge in [-0.3, -0.25) is 14.9 Å². The van der Waals surface area contributed by atoms with Gasteiger partial charge in [-0.15, -0.1) is 22.7 Å². The number of rotatable bonds is 4. The lowest BCUT2D eigenvalue weighted by atomic mass is 9.97. The monoisotopic (exact) mass is 391 g/mol. The van der Waals surface area contributed by atoms with Crippen LogP contribution in [0.2, 0.25) is 0 Å². The largest absolute Gasteiger partial charge is 0.323 e. The summed E-state index contributed by atoms with van der Waals surface area (Å²) in [6.45, 7) is 8.00. The van der Waals surface area contributed by atoms with Crippen molar-refractivity contribution in [2.45, 2.75) is 59.0 Å². The fourth-order valence-corrected chi connectivity index (χ4v) is 4.89. The molecule has 140 valence electrons. The maximum absolute atomic E-state index is 12.7. The Hall–Kier alpha value is -1.70. The van der Waals surface area contributed by atoms with Crippen molar-refractivity contribution >= 4 is 45.9 Å². The predicted octanol–water partition coefficient (Wildman–Crippen LogP) is 4.13. The van der Waals surface area contributed by atoms with E-state index in [4.69, 9.17) is 0 Å². The summed E-state index contributed by atoms with van der Waals surface area (Å²) in [5, 5.41) is 13.4. The van der Waals surface area contributed by atoms with Crippen LogP contribution in [0, 0.1) is 27.7 Å². The third kappa shape index (κ3) is 4.00. The van der Waals surface area contributed by atoms with E-state index in [2.05, 4.69) is 16.0 Å². The lowest BCUT2D eigenvalue weighted by Crippen LogP contribution is -2.53. The molecule has 1 aliphatic rings. The van der Waals surface area contributed by atoms with Crippen LogP contribution in [0.5, 0.6) is 0 Å². The van der Waals surface area contributed by atoms with Gasteiger partial charge in [-0.2, -0.15) is 0 Å². The van der Waals surface area contributed by atoms with Gasteiger partial charge >= 0.3 is 0 Å². The van der Waals surface area contributed by atoms with E-state index in [0.29, 0.717) is 0 Å². The molecular weight excluding hydrogens is 366 g/mol. The normalized spacial score (nSPS) is 20.0. The van der Waals surface area contributed by atoms with Crippen molar-refractivity contribution < 1.29 is 9.59 Å². The first-order valence-electron chi connectivity index (χ1n) is 8.84. The molecule has 1 fully saturated rings. The number of amides is 2. The van der Waals surface area contributed by atoms with Gasteiger partial charge in [0.25, 0.3) is 0 Å². The van der Waals surface area contributed by atoms with E-state index in [-0.39, 0.29) is 23.9 Å². The molecule has 1 saturated heterocycles. The number of anilines is 2. The van der Waals surface area contributed by atoms with Gasteiger partial charge in [0.15, 0.2) is 0 Å². The predicted molar refractivity (Wildman–Crippen MR) is 109 cm³/mol. The Morgan fingerprint density at radius 2 is 1.31 bits per heavy atom. The summed E-state index contributed by atoms with van der Waals surface area (Å²) < 4.78 is 0. The minimum Gasteiger partial charge on any atom is -0.323 e. The molecule has 1 aliphatic heterocycles.